The van der Waals surface area contributed by atoms with Crippen molar-refractivity contribution in [3.05, 3.63) is 29.8 Å². The molecule has 0 radical (unpaired) electrons. The van der Waals surface area contributed by atoms with Gasteiger partial charge >= 0.3 is 6.61 Å². The molecule has 0 unspecified atom stereocenters. The second-order valence-corrected chi connectivity index (χ2v) is 6.17. The van der Waals surface area contributed by atoms with Crippen LogP contribution in [0.3, 0.4) is 0 Å². The molecule has 6 heteroatoms. The molecule has 1 aromatic carbocycles. The van der Waals surface area contributed by atoms with Gasteiger partial charge in [0.05, 0.1) is 0 Å². The maximum atomic E-state index is 12.5. The Morgan fingerprint density at radius 1 is 1.04 bits per heavy atom. The minimum atomic E-state index is -2.85. The van der Waals surface area contributed by atoms with Crippen molar-refractivity contribution in [3.63, 3.8) is 0 Å². The van der Waals surface area contributed by atoms with Crippen molar-refractivity contribution in [1.82, 2.24) is 9.80 Å². The first-order valence-corrected chi connectivity index (χ1v) is 8.21. The lowest BCUT2D eigenvalue weighted by molar-refractivity contribution is -0.0498. The molecule has 1 heterocycles. The molecular weight excluding hydrogens is 302 g/mol. The number of ether oxygens (including phenoxy) is 1. The van der Waals surface area contributed by atoms with Crippen LogP contribution in [0.2, 0.25) is 0 Å². The van der Waals surface area contributed by atoms with Crippen LogP contribution >= 0.6 is 0 Å². The molecule has 0 N–H and O–H groups in total. The average Bonchev–Trinajstić information content (AvgIpc) is 3.09. The third-order valence-electron chi connectivity index (χ3n) is 4.77. The SMILES string of the molecule is O=C(c1ccc(OC(F)F)cc1)N1CCN(C2CCCC2)CC1. The molecule has 2 fully saturated rings. The van der Waals surface area contributed by atoms with Crippen molar-refractivity contribution in [3.8, 4) is 5.75 Å². The molecule has 0 spiro atoms. The molecule has 2 aliphatic rings. The number of rotatable bonds is 4. The highest BCUT2D eigenvalue weighted by Gasteiger charge is 2.28. The number of halogens is 2. The summed E-state index contributed by atoms with van der Waals surface area (Å²) < 4.78 is 28.6. The fraction of sp³-hybridized carbons (Fsp3) is 0.588. The molecule has 1 saturated carbocycles. The Kier molecular flexibility index (Phi) is 5.10. The lowest BCUT2D eigenvalue weighted by Gasteiger charge is -2.38. The van der Waals surface area contributed by atoms with E-state index in [2.05, 4.69) is 9.64 Å². The minimum Gasteiger partial charge on any atom is -0.435 e. The third kappa shape index (κ3) is 3.99. The highest BCUT2D eigenvalue weighted by Crippen LogP contribution is 2.24. The van der Waals surface area contributed by atoms with Crippen molar-refractivity contribution >= 4 is 5.91 Å². The van der Waals surface area contributed by atoms with Crippen LogP contribution in [0, 0.1) is 0 Å². The van der Waals surface area contributed by atoms with Gasteiger partial charge in [0.25, 0.3) is 5.91 Å². The van der Waals surface area contributed by atoms with Crippen molar-refractivity contribution < 1.29 is 18.3 Å². The molecule has 23 heavy (non-hydrogen) atoms. The second-order valence-electron chi connectivity index (χ2n) is 6.17. The van der Waals surface area contributed by atoms with E-state index in [0.29, 0.717) is 11.6 Å². The summed E-state index contributed by atoms with van der Waals surface area (Å²) in [5.74, 6) is 0.0299. The number of alkyl halides is 2. The van der Waals surface area contributed by atoms with E-state index in [-0.39, 0.29) is 11.7 Å². The molecule has 1 saturated heterocycles. The van der Waals surface area contributed by atoms with E-state index in [1.165, 1.54) is 37.8 Å². The Morgan fingerprint density at radius 3 is 2.22 bits per heavy atom. The number of carbonyl (C=O) groups excluding carboxylic acids is 1. The summed E-state index contributed by atoms with van der Waals surface area (Å²) in [4.78, 5) is 16.8. The fourth-order valence-corrected chi connectivity index (χ4v) is 3.52. The molecule has 3 rings (SSSR count). The summed E-state index contributed by atoms with van der Waals surface area (Å²) in [7, 11) is 0. The predicted molar refractivity (Wildman–Crippen MR) is 82.8 cm³/mol. The van der Waals surface area contributed by atoms with E-state index < -0.39 is 6.61 Å². The molecule has 0 atom stereocenters. The van der Waals surface area contributed by atoms with Gasteiger partial charge < -0.3 is 9.64 Å². The van der Waals surface area contributed by atoms with E-state index in [1.54, 1.807) is 12.1 Å². The van der Waals surface area contributed by atoms with E-state index in [4.69, 9.17) is 0 Å². The number of nitrogens with zero attached hydrogens (tertiary/aromatic N) is 2. The molecule has 4 nitrogen and oxygen atoms in total. The van der Waals surface area contributed by atoms with E-state index >= 15 is 0 Å². The Morgan fingerprint density at radius 2 is 1.65 bits per heavy atom. The highest BCUT2D eigenvalue weighted by molar-refractivity contribution is 5.94. The van der Waals surface area contributed by atoms with Crippen molar-refractivity contribution in [1.29, 1.82) is 0 Å². The van der Waals surface area contributed by atoms with Crippen LogP contribution in [0.25, 0.3) is 0 Å². The topological polar surface area (TPSA) is 32.8 Å². The largest absolute Gasteiger partial charge is 0.435 e. The van der Waals surface area contributed by atoms with Gasteiger partial charge in [-0.2, -0.15) is 8.78 Å². The van der Waals surface area contributed by atoms with Gasteiger partial charge in [0.1, 0.15) is 5.75 Å². The standard InChI is InChI=1S/C17H22F2N2O2/c18-17(19)23-15-7-5-13(6-8-15)16(22)21-11-9-20(10-12-21)14-3-1-2-4-14/h5-8,14,17H,1-4,9-12H2. The molecule has 1 aromatic rings. The van der Waals surface area contributed by atoms with Crippen LogP contribution in [0.5, 0.6) is 5.75 Å². The normalized spacial score (nSPS) is 20.2. The predicted octanol–water partition coefficient (Wildman–Crippen LogP) is 2.99. The summed E-state index contributed by atoms with van der Waals surface area (Å²) >= 11 is 0. The summed E-state index contributed by atoms with van der Waals surface area (Å²) in [6.45, 7) is 0.446. The maximum absolute atomic E-state index is 12.5. The van der Waals surface area contributed by atoms with Gasteiger partial charge in [-0.05, 0) is 37.1 Å². The molecule has 0 bridgehead atoms. The van der Waals surface area contributed by atoms with Gasteiger partial charge in [0, 0.05) is 37.8 Å². The number of carbonyl (C=O) groups is 1. The molecule has 1 amide bonds. The quantitative estimate of drug-likeness (QED) is 0.853. The lowest BCUT2D eigenvalue weighted by atomic mass is 10.1. The van der Waals surface area contributed by atoms with E-state index in [0.717, 1.165) is 26.2 Å². The van der Waals surface area contributed by atoms with E-state index in [1.807, 2.05) is 4.90 Å². The van der Waals surface area contributed by atoms with Crippen molar-refractivity contribution in [2.45, 2.75) is 38.3 Å². The van der Waals surface area contributed by atoms with Gasteiger partial charge in [0.15, 0.2) is 0 Å². The summed E-state index contributed by atoms with van der Waals surface area (Å²) in [6.07, 6.45) is 5.19. The Balaban J connectivity index is 1.54. The zero-order valence-electron chi connectivity index (χ0n) is 13.1. The average molecular weight is 324 g/mol. The number of piperazine rings is 1. The van der Waals surface area contributed by atoms with Crippen molar-refractivity contribution in [2.24, 2.45) is 0 Å². The van der Waals surface area contributed by atoms with Crippen LogP contribution in [-0.2, 0) is 0 Å². The molecule has 1 aliphatic heterocycles. The molecule has 0 aromatic heterocycles. The first kappa shape index (κ1) is 16.2. The zero-order valence-corrected chi connectivity index (χ0v) is 13.1. The third-order valence-corrected chi connectivity index (χ3v) is 4.77. The van der Waals surface area contributed by atoms with Crippen LogP contribution < -0.4 is 4.74 Å². The van der Waals surface area contributed by atoms with Crippen molar-refractivity contribution in [2.75, 3.05) is 26.2 Å². The smallest absolute Gasteiger partial charge is 0.387 e. The Bertz CT molecular complexity index is 522. The first-order chi connectivity index (χ1) is 11.1. The number of benzene rings is 1. The number of hydrogen-bond donors (Lipinski definition) is 0. The number of amides is 1. The van der Waals surface area contributed by atoms with Gasteiger partial charge in [0.2, 0.25) is 0 Å². The summed E-state index contributed by atoms with van der Waals surface area (Å²) in [5.41, 5.74) is 0.515. The maximum Gasteiger partial charge on any atom is 0.387 e. The summed E-state index contributed by atoms with van der Waals surface area (Å²) in [6, 6.07) is 6.60. The monoisotopic (exact) mass is 324 g/mol. The van der Waals surface area contributed by atoms with Crippen LogP contribution in [0.4, 0.5) is 8.78 Å². The summed E-state index contributed by atoms with van der Waals surface area (Å²) in [5, 5.41) is 0. The Hall–Kier alpha value is -1.69. The second kappa shape index (κ2) is 7.25. The molecular formula is C17H22F2N2O2. The first-order valence-electron chi connectivity index (χ1n) is 8.21. The number of hydrogen-bond acceptors (Lipinski definition) is 3. The van der Waals surface area contributed by atoms with Gasteiger partial charge in [-0.3, -0.25) is 9.69 Å². The lowest BCUT2D eigenvalue weighted by Crippen LogP contribution is -2.51. The van der Waals surface area contributed by atoms with Crippen LogP contribution in [0.1, 0.15) is 36.0 Å². The van der Waals surface area contributed by atoms with Crippen LogP contribution in [0.15, 0.2) is 24.3 Å². The molecule has 126 valence electrons. The van der Waals surface area contributed by atoms with Gasteiger partial charge in [-0.1, -0.05) is 12.8 Å². The van der Waals surface area contributed by atoms with Gasteiger partial charge in [-0.25, -0.2) is 0 Å². The molecule has 1 aliphatic carbocycles. The van der Waals surface area contributed by atoms with E-state index in [9.17, 15) is 13.6 Å². The fourth-order valence-electron chi connectivity index (χ4n) is 3.52. The highest BCUT2D eigenvalue weighted by atomic mass is 19.3. The van der Waals surface area contributed by atoms with Crippen LogP contribution in [-0.4, -0.2) is 54.5 Å². The Labute approximate surface area is 135 Å². The van der Waals surface area contributed by atoms with Gasteiger partial charge in [-0.15, -0.1) is 0 Å². The zero-order chi connectivity index (χ0) is 16.2. The minimum absolute atomic E-state index is 0.0420.